The molecule has 1 aliphatic rings. The van der Waals surface area contributed by atoms with Crippen LogP contribution >= 0.6 is 0 Å². The molecule has 0 aromatic carbocycles. The van der Waals surface area contributed by atoms with Gasteiger partial charge in [-0.1, -0.05) is 0 Å². The zero-order chi connectivity index (χ0) is 15.5. The highest BCUT2D eigenvalue weighted by molar-refractivity contribution is 5.91. The first kappa shape index (κ1) is 16.5. The van der Waals surface area contributed by atoms with Gasteiger partial charge in [0.05, 0.1) is 12.5 Å². The van der Waals surface area contributed by atoms with Crippen molar-refractivity contribution in [3.05, 3.63) is 0 Å². The van der Waals surface area contributed by atoms with Crippen molar-refractivity contribution in [2.75, 3.05) is 26.7 Å². The van der Waals surface area contributed by atoms with Gasteiger partial charge in [0.15, 0.2) is 0 Å². The number of hydrogen-bond donors (Lipinski definition) is 0. The van der Waals surface area contributed by atoms with Crippen molar-refractivity contribution in [2.45, 2.75) is 39.7 Å². The second-order valence-corrected chi connectivity index (χ2v) is 6.08. The van der Waals surface area contributed by atoms with Gasteiger partial charge in [0, 0.05) is 25.6 Å². The predicted molar refractivity (Wildman–Crippen MR) is 73.8 cm³/mol. The highest BCUT2D eigenvalue weighted by atomic mass is 16.5. The van der Waals surface area contributed by atoms with Crippen molar-refractivity contribution in [3.63, 3.8) is 0 Å². The second-order valence-electron chi connectivity index (χ2n) is 6.08. The lowest BCUT2D eigenvalue weighted by atomic mass is 10.1. The van der Waals surface area contributed by atoms with Gasteiger partial charge in [0.1, 0.15) is 6.54 Å². The lowest BCUT2D eigenvalue weighted by Gasteiger charge is -2.32. The maximum atomic E-state index is 12.2. The quantitative estimate of drug-likeness (QED) is 0.711. The number of likely N-dealkylation sites (tertiary alicyclic amines) is 1. The molecule has 1 saturated heterocycles. The summed E-state index contributed by atoms with van der Waals surface area (Å²) in [5.41, 5.74) is -0.286. The SMILES string of the molecule is CCOC(=O)CN(C)C(=O)C1CC(=O)N(C(C)(C)C)C1. The minimum atomic E-state index is -0.430. The van der Waals surface area contributed by atoms with E-state index in [-0.39, 0.29) is 36.2 Å². The second kappa shape index (κ2) is 6.24. The molecule has 2 amide bonds. The van der Waals surface area contributed by atoms with Gasteiger partial charge >= 0.3 is 5.97 Å². The topological polar surface area (TPSA) is 66.9 Å². The normalized spacial score (nSPS) is 19.1. The lowest BCUT2D eigenvalue weighted by molar-refractivity contribution is -0.149. The number of esters is 1. The molecule has 0 aromatic heterocycles. The molecule has 1 rings (SSSR count). The van der Waals surface area contributed by atoms with Crippen molar-refractivity contribution in [3.8, 4) is 0 Å². The van der Waals surface area contributed by atoms with Gasteiger partial charge in [-0.2, -0.15) is 0 Å². The number of ether oxygens (including phenoxy) is 1. The molecule has 1 atom stereocenters. The largest absolute Gasteiger partial charge is 0.465 e. The molecule has 0 bridgehead atoms. The number of likely N-dealkylation sites (N-methyl/N-ethyl adjacent to an activating group) is 1. The third-order valence-electron chi connectivity index (χ3n) is 3.33. The Labute approximate surface area is 120 Å². The van der Waals surface area contributed by atoms with Gasteiger partial charge < -0.3 is 14.5 Å². The third-order valence-corrected chi connectivity index (χ3v) is 3.33. The molecule has 1 fully saturated rings. The molecule has 1 heterocycles. The number of hydrogen-bond acceptors (Lipinski definition) is 4. The summed E-state index contributed by atoms with van der Waals surface area (Å²) in [6.45, 7) is 8.18. The van der Waals surface area contributed by atoms with E-state index in [4.69, 9.17) is 4.74 Å². The van der Waals surface area contributed by atoms with Crippen molar-refractivity contribution < 1.29 is 19.1 Å². The Morgan fingerprint density at radius 1 is 1.40 bits per heavy atom. The van der Waals surface area contributed by atoms with Crippen LogP contribution in [0, 0.1) is 5.92 Å². The third kappa shape index (κ3) is 3.95. The summed E-state index contributed by atoms with van der Waals surface area (Å²) in [5, 5.41) is 0. The zero-order valence-electron chi connectivity index (χ0n) is 12.9. The summed E-state index contributed by atoms with van der Waals surface area (Å²) in [5.74, 6) is -1.000. The zero-order valence-corrected chi connectivity index (χ0v) is 12.9. The van der Waals surface area contributed by atoms with E-state index < -0.39 is 5.97 Å². The molecule has 6 nitrogen and oxygen atoms in total. The van der Waals surface area contributed by atoms with Gasteiger partial charge in [-0.25, -0.2) is 0 Å². The van der Waals surface area contributed by atoms with Gasteiger partial charge in [0.25, 0.3) is 0 Å². The Balaban J connectivity index is 2.61. The Morgan fingerprint density at radius 3 is 2.45 bits per heavy atom. The van der Waals surface area contributed by atoms with Crippen LogP contribution in [0.1, 0.15) is 34.1 Å². The molecule has 0 radical (unpaired) electrons. The van der Waals surface area contributed by atoms with E-state index in [1.54, 1.807) is 18.9 Å². The van der Waals surface area contributed by atoms with Crippen LogP contribution in [0.2, 0.25) is 0 Å². The van der Waals surface area contributed by atoms with Crippen LogP contribution in [0.3, 0.4) is 0 Å². The molecule has 0 saturated carbocycles. The first-order chi connectivity index (χ1) is 9.16. The average Bonchev–Trinajstić information content (AvgIpc) is 2.70. The number of carbonyl (C=O) groups excluding carboxylic acids is 3. The highest BCUT2D eigenvalue weighted by Gasteiger charge is 2.40. The first-order valence-electron chi connectivity index (χ1n) is 6.88. The van der Waals surface area contributed by atoms with E-state index in [1.807, 2.05) is 20.8 Å². The van der Waals surface area contributed by atoms with E-state index in [2.05, 4.69) is 0 Å². The standard InChI is InChI=1S/C14H24N2O4/c1-6-20-12(18)9-15(5)13(19)10-7-11(17)16(8-10)14(2,3)4/h10H,6-9H2,1-5H3. The number of nitrogens with zero attached hydrogens (tertiary/aromatic N) is 2. The summed E-state index contributed by atoms with van der Waals surface area (Å²) in [6.07, 6.45) is 0.212. The molecule has 114 valence electrons. The summed E-state index contributed by atoms with van der Waals surface area (Å²) < 4.78 is 4.81. The van der Waals surface area contributed by atoms with Crippen molar-refractivity contribution >= 4 is 17.8 Å². The number of amides is 2. The van der Waals surface area contributed by atoms with E-state index in [0.717, 1.165) is 0 Å². The van der Waals surface area contributed by atoms with Crippen LogP contribution in [-0.2, 0) is 19.1 Å². The molecular weight excluding hydrogens is 260 g/mol. The van der Waals surface area contributed by atoms with Gasteiger partial charge in [-0.15, -0.1) is 0 Å². The van der Waals surface area contributed by atoms with Crippen molar-refractivity contribution in [1.82, 2.24) is 9.80 Å². The molecule has 0 spiro atoms. The van der Waals surface area contributed by atoms with E-state index in [0.29, 0.717) is 13.2 Å². The van der Waals surface area contributed by atoms with Crippen molar-refractivity contribution in [1.29, 1.82) is 0 Å². The molecule has 0 aliphatic carbocycles. The van der Waals surface area contributed by atoms with E-state index >= 15 is 0 Å². The number of rotatable bonds is 4. The molecule has 1 aliphatic heterocycles. The fourth-order valence-electron chi connectivity index (χ4n) is 2.31. The molecule has 1 unspecified atom stereocenters. The van der Waals surface area contributed by atoms with E-state index in [9.17, 15) is 14.4 Å². The Bertz CT molecular complexity index is 400. The fourth-order valence-corrected chi connectivity index (χ4v) is 2.31. The van der Waals surface area contributed by atoms with Crippen molar-refractivity contribution in [2.24, 2.45) is 5.92 Å². The van der Waals surface area contributed by atoms with Crippen LogP contribution < -0.4 is 0 Å². The van der Waals surface area contributed by atoms with E-state index in [1.165, 1.54) is 4.90 Å². The molecule has 20 heavy (non-hydrogen) atoms. The monoisotopic (exact) mass is 284 g/mol. The molecule has 0 aromatic rings. The van der Waals surface area contributed by atoms with Gasteiger partial charge in [-0.3, -0.25) is 14.4 Å². The van der Waals surface area contributed by atoms with Crippen LogP contribution in [-0.4, -0.2) is 59.9 Å². The smallest absolute Gasteiger partial charge is 0.325 e. The van der Waals surface area contributed by atoms with Crippen LogP contribution in [0.5, 0.6) is 0 Å². The first-order valence-corrected chi connectivity index (χ1v) is 6.88. The number of carbonyl (C=O) groups is 3. The summed E-state index contributed by atoms with van der Waals surface area (Å²) >= 11 is 0. The lowest BCUT2D eigenvalue weighted by Crippen LogP contribution is -2.43. The minimum Gasteiger partial charge on any atom is -0.465 e. The fraction of sp³-hybridized carbons (Fsp3) is 0.786. The van der Waals surface area contributed by atoms with Gasteiger partial charge in [0.2, 0.25) is 11.8 Å². The Kier molecular flexibility index (Phi) is 5.14. The maximum Gasteiger partial charge on any atom is 0.325 e. The molecular formula is C14H24N2O4. The summed E-state index contributed by atoms with van der Waals surface area (Å²) in [7, 11) is 1.56. The van der Waals surface area contributed by atoms with Crippen LogP contribution in [0.4, 0.5) is 0 Å². The molecule has 6 heteroatoms. The van der Waals surface area contributed by atoms with Crippen LogP contribution in [0.15, 0.2) is 0 Å². The van der Waals surface area contributed by atoms with Gasteiger partial charge in [-0.05, 0) is 27.7 Å². The predicted octanol–water partition coefficient (Wildman–Crippen LogP) is 0.655. The maximum absolute atomic E-state index is 12.2. The highest BCUT2D eigenvalue weighted by Crippen LogP contribution is 2.26. The van der Waals surface area contributed by atoms with Crippen LogP contribution in [0.25, 0.3) is 0 Å². The Hall–Kier alpha value is -1.59. The minimum absolute atomic E-state index is 0.0135. The Morgan fingerprint density at radius 2 is 2.00 bits per heavy atom. The summed E-state index contributed by atoms with van der Waals surface area (Å²) in [6, 6.07) is 0. The molecule has 0 N–H and O–H groups in total. The summed E-state index contributed by atoms with van der Waals surface area (Å²) in [4.78, 5) is 38.6. The average molecular weight is 284 g/mol.